The molecule has 2 aliphatic carbocycles. The maximum absolute atomic E-state index is 6.23. The van der Waals surface area contributed by atoms with Gasteiger partial charge in [-0.25, -0.2) is 0 Å². The minimum Gasteiger partial charge on any atom is -0.375 e. The topological polar surface area (TPSA) is 9.23 Å². The molecular formula is C13H24O. The molecule has 0 amide bonds. The third-order valence-electron chi connectivity index (χ3n) is 3.96. The van der Waals surface area contributed by atoms with Gasteiger partial charge in [-0.2, -0.15) is 0 Å². The Labute approximate surface area is 88.2 Å². The molecule has 0 aromatic heterocycles. The molecule has 2 fully saturated rings. The van der Waals surface area contributed by atoms with Gasteiger partial charge in [-0.3, -0.25) is 0 Å². The zero-order valence-corrected chi connectivity index (χ0v) is 9.67. The van der Waals surface area contributed by atoms with E-state index < -0.39 is 0 Å². The third kappa shape index (κ3) is 2.50. The Balaban J connectivity index is 1.78. The fourth-order valence-corrected chi connectivity index (χ4v) is 3.15. The second-order valence-corrected chi connectivity index (χ2v) is 5.49. The van der Waals surface area contributed by atoms with Crippen LogP contribution in [0.1, 0.15) is 58.8 Å². The minimum atomic E-state index is 0.577. The van der Waals surface area contributed by atoms with Crippen LogP contribution in [-0.2, 0) is 4.74 Å². The molecule has 14 heavy (non-hydrogen) atoms. The first-order valence-electron chi connectivity index (χ1n) is 6.41. The molecule has 0 aromatic rings. The van der Waals surface area contributed by atoms with E-state index in [0.717, 1.165) is 11.8 Å². The average Bonchev–Trinajstić information content (AvgIpc) is 2.47. The van der Waals surface area contributed by atoms with Gasteiger partial charge in [0.05, 0.1) is 12.2 Å². The highest BCUT2D eigenvalue weighted by Gasteiger charge is 2.31. The van der Waals surface area contributed by atoms with Gasteiger partial charge in [0, 0.05) is 0 Å². The first kappa shape index (κ1) is 10.5. The van der Waals surface area contributed by atoms with Crippen LogP contribution in [-0.4, -0.2) is 12.2 Å². The van der Waals surface area contributed by atoms with Crippen molar-refractivity contribution in [2.24, 2.45) is 11.8 Å². The summed E-state index contributed by atoms with van der Waals surface area (Å²) in [5.41, 5.74) is 0. The number of hydrogen-bond acceptors (Lipinski definition) is 1. The molecular weight excluding hydrogens is 172 g/mol. The van der Waals surface area contributed by atoms with Gasteiger partial charge in [-0.1, -0.05) is 33.1 Å². The van der Waals surface area contributed by atoms with Gasteiger partial charge in [-0.15, -0.1) is 0 Å². The highest BCUT2D eigenvalue weighted by Crippen LogP contribution is 2.35. The van der Waals surface area contributed by atoms with Crippen LogP contribution in [0, 0.1) is 11.8 Å². The van der Waals surface area contributed by atoms with Crippen LogP contribution >= 0.6 is 0 Å². The molecule has 82 valence electrons. The van der Waals surface area contributed by atoms with E-state index in [-0.39, 0.29) is 0 Å². The summed E-state index contributed by atoms with van der Waals surface area (Å²) in [6.45, 7) is 4.72. The Morgan fingerprint density at radius 1 is 0.929 bits per heavy atom. The summed E-state index contributed by atoms with van der Waals surface area (Å²) in [6.07, 6.45) is 10.7. The van der Waals surface area contributed by atoms with Gasteiger partial charge in [0.1, 0.15) is 0 Å². The molecule has 3 atom stereocenters. The van der Waals surface area contributed by atoms with Crippen molar-refractivity contribution in [2.75, 3.05) is 0 Å². The molecule has 0 unspecified atom stereocenters. The van der Waals surface area contributed by atoms with Crippen LogP contribution in [0.25, 0.3) is 0 Å². The molecule has 2 aliphatic rings. The summed E-state index contributed by atoms with van der Waals surface area (Å²) in [5.74, 6) is 1.69. The van der Waals surface area contributed by atoms with E-state index >= 15 is 0 Å². The zero-order valence-electron chi connectivity index (χ0n) is 9.67. The molecule has 0 saturated heterocycles. The molecule has 0 aliphatic heterocycles. The van der Waals surface area contributed by atoms with Gasteiger partial charge in [0.25, 0.3) is 0 Å². The van der Waals surface area contributed by atoms with Crippen molar-refractivity contribution >= 4 is 0 Å². The molecule has 0 heterocycles. The van der Waals surface area contributed by atoms with Crippen molar-refractivity contribution < 1.29 is 4.74 Å². The van der Waals surface area contributed by atoms with Crippen molar-refractivity contribution in [3.8, 4) is 0 Å². The largest absolute Gasteiger partial charge is 0.375 e. The van der Waals surface area contributed by atoms with Crippen molar-refractivity contribution in [3.63, 3.8) is 0 Å². The highest BCUT2D eigenvalue weighted by atomic mass is 16.5. The van der Waals surface area contributed by atoms with Crippen LogP contribution < -0.4 is 0 Å². The lowest BCUT2D eigenvalue weighted by atomic mass is 9.97. The summed E-state index contributed by atoms with van der Waals surface area (Å²) in [5, 5.41) is 0. The monoisotopic (exact) mass is 196 g/mol. The van der Waals surface area contributed by atoms with Crippen LogP contribution in [0.4, 0.5) is 0 Å². The first-order valence-corrected chi connectivity index (χ1v) is 6.41. The smallest absolute Gasteiger partial charge is 0.0607 e. The van der Waals surface area contributed by atoms with Crippen molar-refractivity contribution in [1.29, 1.82) is 0 Å². The standard InChI is InChI=1S/C13H24O/c1-10-8-11(2)13(9-10)14-12-6-4-3-5-7-12/h10-13H,3-9H2,1-2H3/t10-,11+,13-/m1/s1. The van der Waals surface area contributed by atoms with Crippen LogP contribution in [0.5, 0.6) is 0 Å². The van der Waals surface area contributed by atoms with Crippen molar-refractivity contribution in [2.45, 2.75) is 71.0 Å². The number of ether oxygens (including phenoxy) is 1. The zero-order chi connectivity index (χ0) is 9.97. The maximum atomic E-state index is 6.23. The molecule has 2 saturated carbocycles. The Morgan fingerprint density at radius 2 is 1.64 bits per heavy atom. The molecule has 0 radical (unpaired) electrons. The quantitative estimate of drug-likeness (QED) is 0.653. The van der Waals surface area contributed by atoms with E-state index in [4.69, 9.17) is 4.74 Å². The highest BCUT2D eigenvalue weighted by molar-refractivity contribution is 4.81. The molecule has 1 nitrogen and oxygen atoms in total. The van der Waals surface area contributed by atoms with Gasteiger partial charge in [-0.05, 0) is 37.5 Å². The Kier molecular flexibility index (Phi) is 3.48. The van der Waals surface area contributed by atoms with E-state index in [0.29, 0.717) is 12.2 Å². The van der Waals surface area contributed by atoms with E-state index in [9.17, 15) is 0 Å². The van der Waals surface area contributed by atoms with Crippen LogP contribution in [0.2, 0.25) is 0 Å². The predicted molar refractivity (Wildman–Crippen MR) is 59.3 cm³/mol. The maximum Gasteiger partial charge on any atom is 0.0607 e. The van der Waals surface area contributed by atoms with E-state index in [1.54, 1.807) is 0 Å². The van der Waals surface area contributed by atoms with E-state index in [2.05, 4.69) is 13.8 Å². The van der Waals surface area contributed by atoms with Gasteiger partial charge < -0.3 is 4.74 Å². The SMILES string of the molecule is C[C@@H]1C[C@H](C)[C@H](OC2CCCCC2)C1. The Hall–Kier alpha value is -0.0400. The lowest BCUT2D eigenvalue weighted by molar-refractivity contribution is -0.0442. The fourth-order valence-electron chi connectivity index (χ4n) is 3.15. The molecule has 0 spiro atoms. The molecule has 2 rings (SSSR count). The van der Waals surface area contributed by atoms with Crippen molar-refractivity contribution in [1.82, 2.24) is 0 Å². The molecule has 0 bridgehead atoms. The van der Waals surface area contributed by atoms with Crippen LogP contribution in [0.3, 0.4) is 0 Å². The Morgan fingerprint density at radius 3 is 2.21 bits per heavy atom. The molecule has 1 heteroatoms. The number of rotatable bonds is 2. The first-order chi connectivity index (χ1) is 6.75. The Bertz CT molecular complexity index is 172. The van der Waals surface area contributed by atoms with Gasteiger partial charge in [0.15, 0.2) is 0 Å². The summed E-state index contributed by atoms with van der Waals surface area (Å²) >= 11 is 0. The third-order valence-corrected chi connectivity index (χ3v) is 3.96. The van der Waals surface area contributed by atoms with Gasteiger partial charge in [0.2, 0.25) is 0 Å². The average molecular weight is 196 g/mol. The lowest BCUT2D eigenvalue weighted by Crippen LogP contribution is -2.25. The molecule has 0 N–H and O–H groups in total. The van der Waals surface area contributed by atoms with Crippen LogP contribution in [0.15, 0.2) is 0 Å². The number of hydrogen-bond donors (Lipinski definition) is 0. The van der Waals surface area contributed by atoms with E-state index in [1.807, 2.05) is 0 Å². The fraction of sp³-hybridized carbons (Fsp3) is 1.00. The predicted octanol–water partition coefficient (Wildman–Crippen LogP) is 3.77. The van der Waals surface area contributed by atoms with Crippen molar-refractivity contribution in [3.05, 3.63) is 0 Å². The summed E-state index contributed by atoms with van der Waals surface area (Å²) in [7, 11) is 0. The second kappa shape index (κ2) is 4.65. The van der Waals surface area contributed by atoms with E-state index in [1.165, 1.54) is 44.9 Å². The summed E-state index contributed by atoms with van der Waals surface area (Å²) in [6, 6.07) is 0. The van der Waals surface area contributed by atoms with Gasteiger partial charge >= 0.3 is 0 Å². The molecule has 0 aromatic carbocycles. The lowest BCUT2D eigenvalue weighted by Gasteiger charge is -2.27. The minimum absolute atomic E-state index is 0.577. The second-order valence-electron chi connectivity index (χ2n) is 5.49. The normalized spacial score (nSPS) is 40.3. The summed E-state index contributed by atoms with van der Waals surface area (Å²) in [4.78, 5) is 0. The summed E-state index contributed by atoms with van der Waals surface area (Å²) < 4.78 is 6.23.